The average molecular weight is 240 g/mol. The normalized spacial score (nSPS) is 21.0. The van der Waals surface area contributed by atoms with Crippen LogP contribution in [0.1, 0.15) is 18.4 Å². The van der Waals surface area contributed by atoms with Gasteiger partial charge in [0.15, 0.2) is 0 Å². The third-order valence-corrected chi connectivity index (χ3v) is 3.33. The number of hydrogen-bond acceptors (Lipinski definition) is 2. The quantitative estimate of drug-likeness (QED) is 0.867. The highest BCUT2D eigenvalue weighted by molar-refractivity contribution is 5.18. The fourth-order valence-corrected chi connectivity index (χ4v) is 2.44. The molecule has 0 amide bonds. The zero-order valence-electron chi connectivity index (χ0n) is 10.0. The molecule has 1 aliphatic rings. The van der Waals surface area contributed by atoms with E-state index in [-0.39, 0.29) is 0 Å². The second-order valence-corrected chi connectivity index (χ2v) is 4.56. The van der Waals surface area contributed by atoms with Crippen molar-refractivity contribution < 1.29 is 8.78 Å². The van der Waals surface area contributed by atoms with Crippen LogP contribution < -0.4 is 5.32 Å². The molecule has 2 rings (SSSR count). The van der Waals surface area contributed by atoms with Gasteiger partial charge < -0.3 is 5.32 Å². The first kappa shape index (κ1) is 12.5. The summed E-state index contributed by atoms with van der Waals surface area (Å²) < 4.78 is 26.3. The summed E-state index contributed by atoms with van der Waals surface area (Å²) in [4.78, 5) is 2.26. The van der Waals surface area contributed by atoms with Gasteiger partial charge in [-0.05, 0) is 32.5 Å². The first-order chi connectivity index (χ1) is 8.20. The van der Waals surface area contributed by atoms with Crippen LogP contribution in [0.2, 0.25) is 0 Å². The maximum atomic E-state index is 13.5. The van der Waals surface area contributed by atoms with Gasteiger partial charge in [0.25, 0.3) is 0 Å². The molecule has 1 N–H and O–H groups in total. The Morgan fingerprint density at radius 1 is 1.41 bits per heavy atom. The molecule has 1 saturated heterocycles. The molecule has 0 spiro atoms. The molecule has 0 bridgehead atoms. The van der Waals surface area contributed by atoms with E-state index in [1.807, 2.05) is 7.05 Å². The van der Waals surface area contributed by atoms with E-state index >= 15 is 0 Å². The third-order valence-electron chi connectivity index (χ3n) is 3.33. The minimum atomic E-state index is -0.514. The summed E-state index contributed by atoms with van der Waals surface area (Å²) in [5, 5.41) is 3.15. The van der Waals surface area contributed by atoms with Crippen LogP contribution >= 0.6 is 0 Å². The molecule has 4 heteroatoms. The number of nitrogens with zero attached hydrogens (tertiary/aromatic N) is 1. The Labute approximate surface area is 101 Å². The lowest BCUT2D eigenvalue weighted by molar-refractivity contribution is 0.239. The fourth-order valence-electron chi connectivity index (χ4n) is 2.44. The van der Waals surface area contributed by atoms with E-state index < -0.39 is 11.6 Å². The van der Waals surface area contributed by atoms with E-state index in [0.29, 0.717) is 18.2 Å². The first-order valence-electron chi connectivity index (χ1n) is 6.03. The predicted octanol–water partition coefficient (Wildman–Crippen LogP) is 2.15. The molecule has 17 heavy (non-hydrogen) atoms. The lowest BCUT2D eigenvalue weighted by Crippen LogP contribution is -2.36. The topological polar surface area (TPSA) is 15.3 Å². The van der Waals surface area contributed by atoms with E-state index in [1.54, 1.807) is 6.07 Å². The van der Waals surface area contributed by atoms with Crippen molar-refractivity contribution in [3.63, 3.8) is 0 Å². The van der Waals surface area contributed by atoms with Crippen molar-refractivity contribution in [2.45, 2.75) is 25.4 Å². The number of likely N-dealkylation sites (tertiary alicyclic amines) is 1. The molecular formula is C13H18F2N2. The summed E-state index contributed by atoms with van der Waals surface area (Å²) in [6, 6.07) is 4.28. The molecule has 94 valence electrons. The van der Waals surface area contributed by atoms with Gasteiger partial charge in [-0.1, -0.05) is 6.07 Å². The highest BCUT2D eigenvalue weighted by atomic mass is 19.1. The Kier molecular flexibility index (Phi) is 4.07. The van der Waals surface area contributed by atoms with Gasteiger partial charge in [0.05, 0.1) is 0 Å². The number of halogens is 2. The lowest BCUT2D eigenvalue weighted by atomic mass is 10.1. The SMILES string of the molecule is CNCC1CCCN1Cc1ccc(F)cc1F. The maximum absolute atomic E-state index is 13.5. The van der Waals surface area contributed by atoms with Gasteiger partial charge in [0, 0.05) is 30.8 Å². The number of hydrogen-bond donors (Lipinski definition) is 1. The van der Waals surface area contributed by atoms with Crippen LogP contribution in [0.25, 0.3) is 0 Å². The molecular weight excluding hydrogens is 222 g/mol. The molecule has 1 aliphatic heterocycles. The molecule has 1 heterocycles. The first-order valence-corrected chi connectivity index (χ1v) is 6.03. The van der Waals surface area contributed by atoms with Gasteiger partial charge in [0.1, 0.15) is 11.6 Å². The fraction of sp³-hybridized carbons (Fsp3) is 0.538. The molecule has 1 atom stereocenters. The van der Waals surface area contributed by atoms with Crippen molar-refractivity contribution in [2.75, 3.05) is 20.1 Å². The van der Waals surface area contributed by atoms with Crippen molar-refractivity contribution in [3.8, 4) is 0 Å². The number of rotatable bonds is 4. The summed E-state index contributed by atoms with van der Waals surface area (Å²) in [5.74, 6) is -0.959. The van der Waals surface area contributed by atoms with Crippen LogP contribution in [-0.4, -0.2) is 31.1 Å². The highest BCUT2D eigenvalue weighted by Gasteiger charge is 2.24. The van der Waals surface area contributed by atoms with E-state index in [9.17, 15) is 8.78 Å². The Balaban J connectivity index is 2.04. The van der Waals surface area contributed by atoms with Crippen molar-refractivity contribution >= 4 is 0 Å². The Morgan fingerprint density at radius 3 is 2.94 bits per heavy atom. The van der Waals surface area contributed by atoms with Crippen molar-refractivity contribution in [2.24, 2.45) is 0 Å². The zero-order valence-corrected chi connectivity index (χ0v) is 10.0. The summed E-state index contributed by atoms with van der Waals surface area (Å²) in [5.41, 5.74) is 0.578. The maximum Gasteiger partial charge on any atom is 0.130 e. The molecule has 0 radical (unpaired) electrons. The Bertz CT molecular complexity index is 382. The van der Waals surface area contributed by atoms with E-state index in [2.05, 4.69) is 10.2 Å². The zero-order chi connectivity index (χ0) is 12.3. The predicted molar refractivity (Wildman–Crippen MR) is 63.7 cm³/mol. The van der Waals surface area contributed by atoms with Crippen LogP contribution in [0, 0.1) is 11.6 Å². The minimum absolute atomic E-state index is 0.444. The third kappa shape index (κ3) is 3.01. The van der Waals surface area contributed by atoms with Gasteiger partial charge in [0.2, 0.25) is 0 Å². The highest BCUT2D eigenvalue weighted by Crippen LogP contribution is 2.21. The smallest absolute Gasteiger partial charge is 0.130 e. The lowest BCUT2D eigenvalue weighted by Gasteiger charge is -2.24. The number of benzene rings is 1. The van der Waals surface area contributed by atoms with Gasteiger partial charge in [-0.15, -0.1) is 0 Å². The van der Waals surface area contributed by atoms with Crippen LogP contribution in [0.15, 0.2) is 18.2 Å². The van der Waals surface area contributed by atoms with Gasteiger partial charge in [-0.3, -0.25) is 4.90 Å². The molecule has 2 nitrogen and oxygen atoms in total. The van der Waals surface area contributed by atoms with Crippen LogP contribution in [0.4, 0.5) is 8.78 Å². The molecule has 1 aromatic carbocycles. The van der Waals surface area contributed by atoms with Gasteiger partial charge in [-0.2, -0.15) is 0 Å². The van der Waals surface area contributed by atoms with Crippen LogP contribution in [0.5, 0.6) is 0 Å². The van der Waals surface area contributed by atoms with E-state index in [0.717, 1.165) is 32.0 Å². The largest absolute Gasteiger partial charge is 0.318 e. The van der Waals surface area contributed by atoms with Crippen molar-refractivity contribution in [1.29, 1.82) is 0 Å². The molecule has 0 aromatic heterocycles. The Hall–Kier alpha value is -1.00. The molecule has 0 aliphatic carbocycles. The number of nitrogens with one attached hydrogen (secondary N) is 1. The van der Waals surface area contributed by atoms with Crippen LogP contribution in [0.3, 0.4) is 0 Å². The summed E-state index contributed by atoms with van der Waals surface area (Å²) >= 11 is 0. The molecule has 0 saturated carbocycles. The van der Waals surface area contributed by atoms with Crippen molar-refractivity contribution in [3.05, 3.63) is 35.4 Å². The van der Waals surface area contributed by atoms with Gasteiger partial charge in [-0.25, -0.2) is 8.78 Å². The van der Waals surface area contributed by atoms with Gasteiger partial charge >= 0.3 is 0 Å². The average Bonchev–Trinajstić information content (AvgIpc) is 2.71. The summed E-state index contributed by atoms with van der Waals surface area (Å²) in [6.07, 6.45) is 2.29. The monoisotopic (exact) mass is 240 g/mol. The van der Waals surface area contributed by atoms with E-state index in [1.165, 1.54) is 6.07 Å². The number of likely N-dealkylation sites (N-methyl/N-ethyl adjacent to an activating group) is 1. The van der Waals surface area contributed by atoms with Crippen molar-refractivity contribution in [1.82, 2.24) is 10.2 Å². The minimum Gasteiger partial charge on any atom is -0.318 e. The summed E-state index contributed by atoms with van der Waals surface area (Å²) in [7, 11) is 1.93. The molecule has 1 aromatic rings. The molecule has 1 fully saturated rings. The van der Waals surface area contributed by atoms with E-state index in [4.69, 9.17) is 0 Å². The van der Waals surface area contributed by atoms with Crippen LogP contribution in [-0.2, 0) is 6.54 Å². The second-order valence-electron chi connectivity index (χ2n) is 4.56. The Morgan fingerprint density at radius 2 is 2.24 bits per heavy atom. The molecule has 1 unspecified atom stereocenters. The standard InChI is InChI=1S/C13H18F2N2/c1-16-8-12-3-2-6-17(12)9-10-4-5-11(14)7-13(10)15/h4-5,7,12,16H,2-3,6,8-9H2,1H3. The summed E-state index contributed by atoms with van der Waals surface area (Å²) in [6.45, 7) is 2.48. The second kappa shape index (κ2) is 5.56.